The van der Waals surface area contributed by atoms with E-state index in [2.05, 4.69) is 25.3 Å². The van der Waals surface area contributed by atoms with E-state index < -0.39 is 0 Å². The summed E-state index contributed by atoms with van der Waals surface area (Å²) in [6, 6.07) is 0.417. The zero-order valence-corrected chi connectivity index (χ0v) is 12.2. The average Bonchev–Trinajstić information content (AvgIpc) is 2.62. The summed E-state index contributed by atoms with van der Waals surface area (Å²) in [5.41, 5.74) is 5.19. The molecular formula is C16H30N2. The third-order valence-corrected chi connectivity index (χ3v) is 5.15. The van der Waals surface area contributed by atoms with Crippen molar-refractivity contribution in [1.82, 2.24) is 5.43 Å². The van der Waals surface area contributed by atoms with E-state index in [1.54, 1.807) is 5.57 Å². The lowest BCUT2D eigenvalue weighted by atomic mass is 9.74. The summed E-state index contributed by atoms with van der Waals surface area (Å²) in [6.07, 6.45) is 14.5. The van der Waals surface area contributed by atoms with Gasteiger partial charge < -0.3 is 0 Å². The zero-order chi connectivity index (χ0) is 13.0. The lowest BCUT2D eigenvalue weighted by Crippen LogP contribution is -2.45. The van der Waals surface area contributed by atoms with Crippen molar-refractivity contribution < 1.29 is 0 Å². The molecule has 1 fully saturated rings. The Labute approximate surface area is 112 Å². The van der Waals surface area contributed by atoms with Gasteiger partial charge in [0.1, 0.15) is 0 Å². The first-order valence-electron chi connectivity index (χ1n) is 7.80. The number of nitrogens with two attached hydrogens (primary N) is 1. The van der Waals surface area contributed by atoms with Crippen LogP contribution >= 0.6 is 0 Å². The summed E-state index contributed by atoms with van der Waals surface area (Å²) >= 11 is 0. The Kier molecular flexibility index (Phi) is 4.85. The predicted molar refractivity (Wildman–Crippen MR) is 78.0 cm³/mol. The number of rotatable bonds is 3. The molecule has 2 unspecified atom stereocenters. The first kappa shape index (κ1) is 14.1. The van der Waals surface area contributed by atoms with Crippen LogP contribution in [0.25, 0.3) is 0 Å². The van der Waals surface area contributed by atoms with Gasteiger partial charge in [0.15, 0.2) is 0 Å². The molecule has 0 saturated heterocycles. The molecule has 0 amide bonds. The normalized spacial score (nSPS) is 30.4. The number of hydrogen-bond acceptors (Lipinski definition) is 2. The number of allylic oxidation sites excluding steroid dienone is 1. The van der Waals surface area contributed by atoms with Gasteiger partial charge in [0.25, 0.3) is 0 Å². The van der Waals surface area contributed by atoms with E-state index >= 15 is 0 Å². The topological polar surface area (TPSA) is 38.0 Å². The second-order valence-corrected chi connectivity index (χ2v) is 6.86. The van der Waals surface area contributed by atoms with Crippen molar-refractivity contribution in [2.24, 2.45) is 17.2 Å². The van der Waals surface area contributed by atoms with E-state index in [9.17, 15) is 0 Å². The highest BCUT2D eigenvalue weighted by Crippen LogP contribution is 2.46. The number of hydrogen-bond donors (Lipinski definition) is 2. The Balaban J connectivity index is 2.11. The van der Waals surface area contributed by atoms with Gasteiger partial charge in [0.2, 0.25) is 0 Å². The van der Waals surface area contributed by atoms with Crippen molar-refractivity contribution in [2.45, 2.75) is 77.7 Å². The summed E-state index contributed by atoms with van der Waals surface area (Å²) < 4.78 is 0. The molecule has 2 heteroatoms. The maximum absolute atomic E-state index is 5.90. The van der Waals surface area contributed by atoms with Gasteiger partial charge in [-0.2, -0.15) is 0 Å². The SMILES string of the molecule is CC1(C)CCCC1C(NN)C1=CCCCCCC1. The fourth-order valence-corrected chi connectivity index (χ4v) is 3.95. The third-order valence-electron chi connectivity index (χ3n) is 5.15. The van der Waals surface area contributed by atoms with Crippen molar-refractivity contribution >= 4 is 0 Å². The van der Waals surface area contributed by atoms with Gasteiger partial charge in [-0.25, -0.2) is 0 Å². The molecule has 0 aliphatic heterocycles. The molecular weight excluding hydrogens is 220 g/mol. The van der Waals surface area contributed by atoms with Crippen molar-refractivity contribution in [3.63, 3.8) is 0 Å². The van der Waals surface area contributed by atoms with E-state index in [4.69, 9.17) is 5.84 Å². The molecule has 0 aromatic rings. The van der Waals surface area contributed by atoms with Gasteiger partial charge in [-0.1, -0.05) is 44.8 Å². The van der Waals surface area contributed by atoms with Gasteiger partial charge in [-0.15, -0.1) is 0 Å². The summed E-state index contributed by atoms with van der Waals surface area (Å²) in [5, 5.41) is 0. The first-order valence-corrected chi connectivity index (χ1v) is 7.80. The standard InChI is InChI=1S/C16H30N2/c1-16(2)12-8-11-14(16)15(18-17)13-9-6-4-3-5-7-10-13/h9,14-15,18H,3-8,10-12,17H2,1-2H3. The molecule has 0 spiro atoms. The fraction of sp³-hybridized carbons (Fsp3) is 0.875. The van der Waals surface area contributed by atoms with Crippen LogP contribution < -0.4 is 11.3 Å². The average molecular weight is 250 g/mol. The van der Waals surface area contributed by atoms with E-state index in [1.807, 2.05) is 0 Å². The third kappa shape index (κ3) is 3.16. The summed E-state index contributed by atoms with van der Waals surface area (Å²) in [5.74, 6) is 6.62. The van der Waals surface area contributed by atoms with Gasteiger partial charge in [0, 0.05) is 6.04 Å². The van der Waals surface area contributed by atoms with Crippen molar-refractivity contribution in [1.29, 1.82) is 0 Å². The maximum Gasteiger partial charge on any atom is 0.0453 e. The summed E-state index contributed by atoms with van der Waals surface area (Å²) in [6.45, 7) is 4.83. The molecule has 2 nitrogen and oxygen atoms in total. The van der Waals surface area contributed by atoms with Crippen LogP contribution in [0.3, 0.4) is 0 Å². The van der Waals surface area contributed by atoms with E-state index in [0.29, 0.717) is 17.4 Å². The van der Waals surface area contributed by atoms with E-state index in [0.717, 1.165) is 0 Å². The lowest BCUT2D eigenvalue weighted by molar-refractivity contribution is 0.212. The van der Waals surface area contributed by atoms with Gasteiger partial charge in [-0.3, -0.25) is 11.3 Å². The molecule has 0 radical (unpaired) electrons. The molecule has 2 aliphatic rings. The lowest BCUT2D eigenvalue weighted by Gasteiger charge is -2.35. The van der Waals surface area contributed by atoms with Crippen molar-refractivity contribution in [3.05, 3.63) is 11.6 Å². The van der Waals surface area contributed by atoms with Gasteiger partial charge >= 0.3 is 0 Å². The minimum absolute atomic E-state index is 0.417. The van der Waals surface area contributed by atoms with Crippen LogP contribution in [0.4, 0.5) is 0 Å². The minimum Gasteiger partial charge on any atom is -0.271 e. The van der Waals surface area contributed by atoms with Crippen molar-refractivity contribution in [2.75, 3.05) is 0 Å². The van der Waals surface area contributed by atoms with Crippen LogP contribution in [0.5, 0.6) is 0 Å². The monoisotopic (exact) mass is 250 g/mol. The number of nitrogens with one attached hydrogen (secondary N) is 1. The molecule has 1 saturated carbocycles. The van der Waals surface area contributed by atoms with E-state index in [1.165, 1.54) is 57.8 Å². The van der Waals surface area contributed by atoms with Crippen LogP contribution in [-0.2, 0) is 0 Å². The predicted octanol–water partition coefficient (Wildman–Crippen LogP) is 3.93. The zero-order valence-electron chi connectivity index (χ0n) is 12.2. The van der Waals surface area contributed by atoms with Gasteiger partial charge in [-0.05, 0) is 49.9 Å². The second-order valence-electron chi connectivity index (χ2n) is 6.86. The smallest absolute Gasteiger partial charge is 0.0453 e. The van der Waals surface area contributed by atoms with Crippen LogP contribution in [0.1, 0.15) is 71.6 Å². The molecule has 3 N–H and O–H groups in total. The minimum atomic E-state index is 0.417. The highest BCUT2D eigenvalue weighted by molar-refractivity contribution is 5.15. The second kappa shape index (κ2) is 6.21. The van der Waals surface area contributed by atoms with E-state index in [-0.39, 0.29) is 0 Å². The fourth-order valence-electron chi connectivity index (χ4n) is 3.95. The molecule has 2 atom stereocenters. The first-order chi connectivity index (χ1) is 8.65. The molecule has 104 valence electrons. The van der Waals surface area contributed by atoms with Crippen molar-refractivity contribution in [3.8, 4) is 0 Å². The Bertz CT molecular complexity index is 293. The molecule has 0 aromatic carbocycles. The molecule has 2 rings (SSSR count). The number of hydrazine groups is 1. The Morgan fingerprint density at radius 3 is 2.67 bits per heavy atom. The van der Waals surface area contributed by atoms with Crippen LogP contribution in [0, 0.1) is 11.3 Å². The quantitative estimate of drug-likeness (QED) is 0.452. The van der Waals surface area contributed by atoms with Gasteiger partial charge in [0.05, 0.1) is 0 Å². The summed E-state index contributed by atoms with van der Waals surface area (Å²) in [4.78, 5) is 0. The van der Waals surface area contributed by atoms with Crippen LogP contribution in [0.15, 0.2) is 11.6 Å². The molecule has 0 heterocycles. The summed E-state index contributed by atoms with van der Waals surface area (Å²) in [7, 11) is 0. The Morgan fingerprint density at radius 1 is 1.22 bits per heavy atom. The molecule has 0 bridgehead atoms. The maximum atomic E-state index is 5.90. The molecule has 0 aromatic heterocycles. The highest BCUT2D eigenvalue weighted by atomic mass is 15.2. The Morgan fingerprint density at radius 2 is 2.00 bits per heavy atom. The van der Waals surface area contributed by atoms with Crippen LogP contribution in [0.2, 0.25) is 0 Å². The highest BCUT2D eigenvalue weighted by Gasteiger charge is 2.40. The molecule has 2 aliphatic carbocycles. The molecule has 18 heavy (non-hydrogen) atoms. The Hall–Kier alpha value is -0.340. The largest absolute Gasteiger partial charge is 0.271 e. The van der Waals surface area contributed by atoms with Crippen LogP contribution in [-0.4, -0.2) is 6.04 Å².